The quantitative estimate of drug-likeness (QED) is 0.815. The van der Waals surface area contributed by atoms with Crippen LogP contribution < -0.4 is 10.0 Å². The molecule has 2 N–H and O–H groups in total. The molecule has 1 aliphatic rings. The fraction of sp³-hybridized carbons (Fsp3) is 0.385. The molecule has 1 unspecified atom stereocenters. The van der Waals surface area contributed by atoms with Gasteiger partial charge in [-0.15, -0.1) is 0 Å². The van der Waals surface area contributed by atoms with Crippen LogP contribution in [0.4, 0.5) is 5.69 Å². The van der Waals surface area contributed by atoms with Crippen molar-refractivity contribution >= 4 is 25.5 Å². The highest BCUT2D eigenvalue weighted by Crippen LogP contribution is 2.17. The van der Waals surface area contributed by atoms with Crippen LogP contribution in [0.5, 0.6) is 0 Å². The van der Waals surface area contributed by atoms with Gasteiger partial charge in [-0.3, -0.25) is 0 Å². The van der Waals surface area contributed by atoms with Crippen molar-refractivity contribution in [3.63, 3.8) is 0 Å². The van der Waals surface area contributed by atoms with Crippen molar-refractivity contribution in [2.75, 3.05) is 17.6 Å². The lowest BCUT2D eigenvalue weighted by atomic mass is 10.2. The standard InChI is InChI=1S/C13H18N2O4S2/c1-2-8-14-21(18,19)13-5-3-11(4-6-13)15-12-7-9-20(16,17)10-12/h3-7,9,12,14-15H,2,8,10H2,1H3. The maximum atomic E-state index is 11.9. The Morgan fingerprint density at radius 2 is 1.90 bits per heavy atom. The molecule has 0 aliphatic carbocycles. The van der Waals surface area contributed by atoms with Crippen LogP contribution in [-0.2, 0) is 19.9 Å². The third kappa shape index (κ3) is 4.29. The molecule has 0 amide bonds. The van der Waals surface area contributed by atoms with Crippen molar-refractivity contribution in [2.24, 2.45) is 0 Å². The second-order valence-electron chi connectivity index (χ2n) is 4.83. The molecule has 0 saturated heterocycles. The molecule has 1 aromatic rings. The number of hydrogen-bond donors (Lipinski definition) is 2. The summed E-state index contributed by atoms with van der Waals surface area (Å²) in [7, 11) is -6.58. The van der Waals surface area contributed by atoms with E-state index in [2.05, 4.69) is 10.0 Å². The predicted octanol–water partition coefficient (Wildman–Crippen LogP) is 1.10. The summed E-state index contributed by atoms with van der Waals surface area (Å²) in [6.45, 7) is 2.28. The van der Waals surface area contributed by atoms with E-state index < -0.39 is 19.9 Å². The monoisotopic (exact) mass is 330 g/mol. The minimum absolute atomic E-state index is 0.0190. The lowest BCUT2D eigenvalue weighted by Gasteiger charge is -2.12. The smallest absolute Gasteiger partial charge is 0.240 e. The van der Waals surface area contributed by atoms with E-state index in [4.69, 9.17) is 0 Å². The molecule has 21 heavy (non-hydrogen) atoms. The Hall–Kier alpha value is -1.38. The molecule has 116 valence electrons. The summed E-state index contributed by atoms with van der Waals surface area (Å²) in [5, 5.41) is 4.23. The van der Waals surface area contributed by atoms with Gasteiger partial charge in [0, 0.05) is 17.6 Å². The average molecular weight is 330 g/mol. The second-order valence-corrected chi connectivity index (χ2v) is 8.53. The van der Waals surface area contributed by atoms with Crippen molar-refractivity contribution in [1.82, 2.24) is 4.72 Å². The molecule has 2 rings (SSSR count). The Balaban J connectivity index is 2.05. The first-order valence-corrected chi connectivity index (χ1v) is 9.79. The predicted molar refractivity (Wildman–Crippen MR) is 82.3 cm³/mol. The van der Waals surface area contributed by atoms with E-state index in [1.807, 2.05) is 6.92 Å². The van der Waals surface area contributed by atoms with E-state index in [1.54, 1.807) is 18.2 Å². The SMILES string of the molecule is CCCNS(=O)(=O)c1ccc(NC2C=CS(=O)(=O)C2)cc1. The van der Waals surface area contributed by atoms with E-state index >= 15 is 0 Å². The van der Waals surface area contributed by atoms with Crippen LogP contribution >= 0.6 is 0 Å². The molecule has 0 saturated carbocycles. The fourth-order valence-electron chi connectivity index (χ4n) is 1.93. The fourth-order valence-corrected chi connectivity index (χ4v) is 4.30. The van der Waals surface area contributed by atoms with Crippen LogP contribution in [0.3, 0.4) is 0 Å². The van der Waals surface area contributed by atoms with E-state index in [0.29, 0.717) is 12.2 Å². The average Bonchev–Trinajstić information content (AvgIpc) is 2.76. The highest BCUT2D eigenvalue weighted by Gasteiger charge is 2.21. The lowest BCUT2D eigenvalue weighted by Crippen LogP contribution is -2.24. The highest BCUT2D eigenvalue weighted by atomic mass is 32.2. The molecular weight excluding hydrogens is 312 g/mol. The number of rotatable bonds is 6. The first-order valence-electron chi connectivity index (χ1n) is 6.59. The molecule has 1 heterocycles. The third-order valence-electron chi connectivity index (χ3n) is 2.99. The zero-order valence-electron chi connectivity index (χ0n) is 11.6. The second kappa shape index (κ2) is 6.17. The largest absolute Gasteiger partial charge is 0.378 e. The van der Waals surface area contributed by atoms with Gasteiger partial charge >= 0.3 is 0 Å². The topological polar surface area (TPSA) is 92.3 Å². The van der Waals surface area contributed by atoms with Crippen LogP contribution in [0.1, 0.15) is 13.3 Å². The summed E-state index contributed by atoms with van der Waals surface area (Å²) >= 11 is 0. The van der Waals surface area contributed by atoms with Crippen molar-refractivity contribution < 1.29 is 16.8 Å². The molecule has 0 fully saturated rings. The highest BCUT2D eigenvalue weighted by molar-refractivity contribution is 7.94. The molecular formula is C13H18N2O4S2. The van der Waals surface area contributed by atoms with Gasteiger partial charge in [-0.25, -0.2) is 21.6 Å². The Kier molecular flexibility index (Phi) is 4.70. The van der Waals surface area contributed by atoms with E-state index in [1.165, 1.54) is 17.5 Å². The van der Waals surface area contributed by atoms with E-state index in [9.17, 15) is 16.8 Å². The van der Waals surface area contributed by atoms with Gasteiger partial charge in [-0.2, -0.15) is 0 Å². The van der Waals surface area contributed by atoms with Gasteiger partial charge in [-0.05, 0) is 30.7 Å². The third-order valence-corrected chi connectivity index (χ3v) is 5.86. The first kappa shape index (κ1) is 16.0. The van der Waals surface area contributed by atoms with Crippen LogP contribution in [0.2, 0.25) is 0 Å². The summed E-state index contributed by atoms with van der Waals surface area (Å²) in [4.78, 5) is 0.191. The van der Waals surface area contributed by atoms with E-state index in [0.717, 1.165) is 6.42 Å². The van der Waals surface area contributed by atoms with Gasteiger partial charge in [0.05, 0.1) is 16.7 Å². The number of hydrogen-bond acceptors (Lipinski definition) is 5. The lowest BCUT2D eigenvalue weighted by molar-refractivity contribution is 0.580. The van der Waals surface area contributed by atoms with Crippen molar-refractivity contribution in [3.8, 4) is 0 Å². The number of anilines is 1. The Morgan fingerprint density at radius 3 is 2.43 bits per heavy atom. The minimum Gasteiger partial charge on any atom is -0.378 e. The van der Waals surface area contributed by atoms with Gasteiger partial charge in [-0.1, -0.05) is 13.0 Å². The Morgan fingerprint density at radius 1 is 1.24 bits per heavy atom. The zero-order valence-corrected chi connectivity index (χ0v) is 13.2. The first-order chi connectivity index (χ1) is 9.82. The minimum atomic E-state index is -3.47. The summed E-state index contributed by atoms with van der Waals surface area (Å²) in [5.41, 5.74) is 0.677. The molecule has 8 heteroatoms. The molecule has 1 atom stereocenters. The summed E-state index contributed by atoms with van der Waals surface area (Å²) in [6.07, 6.45) is 2.31. The van der Waals surface area contributed by atoms with Crippen molar-refractivity contribution in [1.29, 1.82) is 0 Å². The van der Waals surface area contributed by atoms with Crippen molar-refractivity contribution in [3.05, 3.63) is 35.7 Å². The number of sulfonamides is 1. The van der Waals surface area contributed by atoms with Crippen LogP contribution in [0, 0.1) is 0 Å². The van der Waals surface area contributed by atoms with E-state index in [-0.39, 0.29) is 16.7 Å². The normalized spacial score (nSPS) is 20.5. The van der Waals surface area contributed by atoms with Gasteiger partial charge in [0.25, 0.3) is 0 Å². The number of sulfone groups is 1. The van der Waals surface area contributed by atoms with Crippen LogP contribution in [-0.4, -0.2) is 35.2 Å². The molecule has 0 aromatic heterocycles. The number of benzene rings is 1. The van der Waals surface area contributed by atoms with Crippen LogP contribution in [0.25, 0.3) is 0 Å². The molecule has 0 bridgehead atoms. The maximum Gasteiger partial charge on any atom is 0.240 e. The molecule has 1 aliphatic heterocycles. The van der Waals surface area contributed by atoms with Gasteiger partial charge in [0.2, 0.25) is 10.0 Å². The summed E-state index contributed by atoms with van der Waals surface area (Å²) in [6, 6.07) is 5.95. The molecule has 0 radical (unpaired) electrons. The van der Waals surface area contributed by atoms with Gasteiger partial charge in [0.1, 0.15) is 0 Å². The summed E-state index contributed by atoms with van der Waals surface area (Å²) < 4.78 is 48.9. The van der Waals surface area contributed by atoms with Crippen molar-refractivity contribution in [2.45, 2.75) is 24.3 Å². The Bertz CT molecular complexity index is 722. The van der Waals surface area contributed by atoms with Crippen LogP contribution in [0.15, 0.2) is 40.6 Å². The molecule has 0 spiro atoms. The number of nitrogens with one attached hydrogen (secondary N) is 2. The molecule has 1 aromatic carbocycles. The van der Waals surface area contributed by atoms with Gasteiger partial charge in [0.15, 0.2) is 9.84 Å². The zero-order chi connectivity index (χ0) is 15.5. The van der Waals surface area contributed by atoms with Gasteiger partial charge < -0.3 is 5.32 Å². The molecule has 6 nitrogen and oxygen atoms in total. The Labute approximate surface area is 125 Å². The summed E-state index contributed by atoms with van der Waals surface area (Å²) in [5.74, 6) is 0.0190. The maximum absolute atomic E-state index is 11.9.